The van der Waals surface area contributed by atoms with Crippen LogP contribution < -0.4 is 11.1 Å². The van der Waals surface area contributed by atoms with E-state index < -0.39 is 0 Å². The highest BCUT2D eigenvalue weighted by Gasteiger charge is 2.40. The van der Waals surface area contributed by atoms with Gasteiger partial charge >= 0.3 is 0 Å². The van der Waals surface area contributed by atoms with Gasteiger partial charge < -0.3 is 11.1 Å². The van der Waals surface area contributed by atoms with Gasteiger partial charge in [-0.2, -0.15) is 0 Å². The summed E-state index contributed by atoms with van der Waals surface area (Å²) in [5, 5.41) is 4.41. The summed E-state index contributed by atoms with van der Waals surface area (Å²) < 4.78 is 0.919. The fourth-order valence-electron chi connectivity index (χ4n) is 3.14. The Morgan fingerprint density at radius 2 is 2.21 bits per heavy atom. The van der Waals surface area contributed by atoms with E-state index in [2.05, 4.69) is 35.1 Å². The monoisotopic (exact) mass is 344 g/mol. The highest BCUT2D eigenvalue weighted by Crippen LogP contribution is 2.40. The minimum absolute atomic E-state index is 0.00490. The van der Waals surface area contributed by atoms with E-state index in [1.165, 1.54) is 12.8 Å². The first-order valence-electron chi connectivity index (χ1n) is 6.92. The van der Waals surface area contributed by atoms with Crippen LogP contribution in [-0.2, 0) is 0 Å². The van der Waals surface area contributed by atoms with Crippen LogP contribution in [0, 0.1) is 11.8 Å². The van der Waals surface area contributed by atoms with Crippen molar-refractivity contribution in [3.05, 3.63) is 27.7 Å². The summed E-state index contributed by atoms with van der Waals surface area (Å²) in [6.45, 7) is 5.31. The minimum atomic E-state index is 0.00490. The van der Waals surface area contributed by atoms with Gasteiger partial charge in [0, 0.05) is 16.7 Å². The van der Waals surface area contributed by atoms with Crippen LogP contribution in [0.1, 0.15) is 33.1 Å². The van der Waals surface area contributed by atoms with E-state index in [4.69, 9.17) is 17.3 Å². The van der Waals surface area contributed by atoms with Gasteiger partial charge in [0.15, 0.2) is 0 Å². The maximum absolute atomic E-state index is 6.11. The average Bonchev–Trinajstić information content (AvgIpc) is 2.39. The van der Waals surface area contributed by atoms with Crippen LogP contribution in [0.2, 0.25) is 5.02 Å². The van der Waals surface area contributed by atoms with E-state index in [1.807, 2.05) is 18.2 Å². The van der Waals surface area contributed by atoms with Gasteiger partial charge in [0.05, 0.1) is 10.6 Å². The fourth-order valence-corrected chi connectivity index (χ4v) is 3.63. The summed E-state index contributed by atoms with van der Waals surface area (Å²) in [6.07, 6.45) is 3.68. The Bertz CT molecular complexity index is 452. The molecule has 1 aromatic rings. The third-order valence-corrected chi connectivity index (χ3v) is 5.90. The van der Waals surface area contributed by atoms with Crippen molar-refractivity contribution in [3.8, 4) is 0 Å². The van der Waals surface area contributed by atoms with Gasteiger partial charge in [0.25, 0.3) is 0 Å². The Hall–Kier alpha value is -0.250. The molecule has 0 aliphatic heterocycles. The van der Waals surface area contributed by atoms with Crippen LogP contribution in [0.15, 0.2) is 22.7 Å². The lowest BCUT2D eigenvalue weighted by atomic mass is 9.68. The second kappa shape index (κ2) is 6.02. The summed E-state index contributed by atoms with van der Waals surface area (Å²) in [7, 11) is 0. The number of halogens is 2. The van der Waals surface area contributed by atoms with Crippen LogP contribution in [0.4, 0.5) is 5.69 Å². The number of hydrogen-bond acceptors (Lipinski definition) is 2. The van der Waals surface area contributed by atoms with Crippen molar-refractivity contribution in [2.24, 2.45) is 17.6 Å². The number of hydrogen-bond donors (Lipinski definition) is 2. The maximum atomic E-state index is 6.11. The summed E-state index contributed by atoms with van der Waals surface area (Å²) in [5.41, 5.74) is 7.20. The zero-order valence-electron chi connectivity index (χ0n) is 11.5. The second-order valence-corrected chi connectivity index (χ2v) is 7.03. The summed E-state index contributed by atoms with van der Waals surface area (Å²) in [6, 6.07) is 5.97. The van der Waals surface area contributed by atoms with Crippen molar-refractivity contribution in [2.75, 3.05) is 11.9 Å². The van der Waals surface area contributed by atoms with Crippen LogP contribution in [0.3, 0.4) is 0 Å². The molecule has 1 saturated carbocycles. The number of nitrogens with two attached hydrogens (primary N) is 1. The van der Waals surface area contributed by atoms with Crippen molar-refractivity contribution in [1.29, 1.82) is 0 Å². The highest BCUT2D eigenvalue weighted by atomic mass is 79.9. The smallest absolute Gasteiger partial charge is 0.0549 e. The normalized spacial score (nSPS) is 31.2. The van der Waals surface area contributed by atoms with Crippen LogP contribution >= 0.6 is 27.5 Å². The summed E-state index contributed by atoms with van der Waals surface area (Å²) >= 11 is 9.52. The lowest BCUT2D eigenvalue weighted by Gasteiger charge is -2.46. The number of nitrogens with one attached hydrogen (secondary N) is 1. The zero-order valence-corrected chi connectivity index (χ0v) is 13.9. The van der Waals surface area contributed by atoms with E-state index in [0.717, 1.165) is 21.6 Å². The van der Waals surface area contributed by atoms with Crippen molar-refractivity contribution < 1.29 is 0 Å². The first kappa shape index (κ1) is 15.1. The van der Waals surface area contributed by atoms with Crippen LogP contribution in [-0.4, -0.2) is 12.1 Å². The van der Waals surface area contributed by atoms with Gasteiger partial charge in [-0.15, -0.1) is 0 Å². The molecular weight excluding hydrogens is 324 g/mol. The van der Waals surface area contributed by atoms with E-state index in [-0.39, 0.29) is 5.54 Å². The molecule has 0 spiro atoms. The molecule has 0 heterocycles. The predicted molar refractivity (Wildman–Crippen MR) is 86.7 cm³/mol. The molecule has 1 fully saturated rings. The first-order valence-corrected chi connectivity index (χ1v) is 8.09. The Balaban J connectivity index is 2.24. The molecule has 4 heteroatoms. The topological polar surface area (TPSA) is 38.0 Å². The molecule has 1 aliphatic carbocycles. The van der Waals surface area contributed by atoms with Crippen molar-refractivity contribution in [2.45, 2.75) is 38.6 Å². The van der Waals surface area contributed by atoms with E-state index in [9.17, 15) is 0 Å². The Labute approximate surface area is 129 Å². The third kappa shape index (κ3) is 3.09. The standard InChI is InChI=1S/C15H22BrClN2/c1-10-4-3-7-15(9-18,11(10)2)19-12-5-6-14(17)13(16)8-12/h5-6,8,10-11,19H,3-4,7,9,18H2,1-2H3. The molecule has 0 amide bonds. The Morgan fingerprint density at radius 3 is 2.84 bits per heavy atom. The van der Waals surface area contributed by atoms with E-state index in [1.54, 1.807) is 0 Å². The Kier molecular flexibility index (Phi) is 4.80. The van der Waals surface area contributed by atoms with E-state index >= 15 is 0 Å². The predicted octanol–water partition coefficient (Wildman–Crippen LogP) is 4.67. The molecule has 0 aromatic heterocycles. The molecule has 0 bridgehead atoms. The molecule has 1 aliphatic rings. The molecule has 19 heavy (non-hydrogen) atoms. The highest BCUT2D eigenvalue weighted by molar-refractivity contribution is 9.10. The fraction of sp³-hybridized carbons (Fsp3) is 0.600. The molecule has 3 atom stereocenters. The largest absolute Gasteiger partial charge is 0.378 e. The third-order valence-electron chi connectivity index (χ3n) is 4.68. The second-order valence-electron chi connectivity index (χ2n) is 5.77. The van der Waals surface area contributed by atoms with Crippen molar-refractivity contribution in [3.63, 3.8) is 0 Å². The number of anilines is 1. The van der Waals surface area contributed by atoms with Gasteiger partial charge in [-0.3, -0.25) is 0 Å². The zero-order chi connectivity index (χ0) is 14.0. The van der Waals surface area contributed by atoms with E-state index in [0.29, 0.717) is 18.4 Å². The molecular formula is C15H22BrClN2. The summed E-state index contributed by atoms with van der Waals surface area (Å²) in [5.74, 6) is 1.28. The molecule has 106 valence electrons. The minimum Gasteiger partial charge on any atom is -0.378 e. The van der Waals surface area contributed by atoms with Crippen molar-refractivity contribution in [1.82, 2.24) is 0 Å². The molecule has 2 rings (SSSR count). The average molecular weight is 346 g/mol. The molecule has 3 N–H and O–H groups in total. The molecule has 1 aromatic carbocycles. The quantitative estimate of drug-likeness (QED) is 0.835. The number of rotatable bonds is 3. The number of benzene rings is 1. The lowest BCUT2D eigenvalue weighted by molar-refractivity contribution is 0.168. The first-order chi connectivity index (χ1) is 8.98. The lowest BCUT2D eigenvalue weighted by Crippen LogP contribution is -2.54. The molecule has 3 unspecified atom stereocenters. The maximum Gasteiger partial charge on any atom is 0.0549 e. The van der Waals surface area contributed by atoms with Gasteiger partial charge in [0.1, 0.15) is 0 Å². The van der Waals surface area contributed by atoms with Crippen LogP contribution in [0.5, 0.6) is 0 Å². The van der Waals surface area contributed by atoms with Gasteiger partial charge in [-0.25, -0.2) is 0 Å². The molecule has 0 saturated heterocycles. The van der Waals surface area contributed by atoms with Gasteiger partial charge in [0.2, 0.25) is 0 Å². The SMILES string of the molecule is CC1CCCC(CN)(Nc2ccc(Cl)c(Br)c2)C1C. The van der Waals surface area contributed by atoms with Gasteiger partial charge in [-0.1, -0.05) is 38.3 Å². The van der Waals surface area contributed by atoms with Gasteiger partial charge in [-0.05, 0) is 52.4 Å². The van der Waals surface area contributed by atoms with Crippen molar-refractivity contribution >= 4 is 33.2 Å². The molecule has 2 nitrogen and oxygen atoms in total. The summed E-state index contributed by atoms with van der Waals surface area (Å²) in [4.78, 5) is 0. The van der Waals surface area contributed by atoms with Crippen LogP contribution in [0.25, 0.3) is 0 Å². The Morgan fingerprint density at radius 1 is 1.47 bits per heavy atom. The molecule has 0 radical (unpaired) electrons.